The highest BCUT2D eigenvalue weighted by Gasteiger charge is 2.77. The number of carbonyl (C=O) groups excluding carboxylic acids is 2. The van der Waals surface area contributed by atoms with Crippen molar-refractivity contribution in [3.05, 3.63) is 66.1 Å². The number of likely N-dealkylation sites (tertiary alicyclic amines) is 1. The van der Waals surface area contributed by atoms with E-state index < -0.39 is 28.7 Å². The Kier molecular flexibility index (Phi) is 4.11. The molecule has 2 aromatic carbocycles. The van der Waals surface area contributed by atoms with E-state index in [0.717, 1.165) is 37.1 Å². The van der Waals surface area contributed by atoms with Gasteiger partial charge in [-0.2, -0.15) is 5.43 Å². The van der Waals surface area contributed by atoms with Gasteiger partial charge in [-0.25, -0.2) is 5.11 Å². The molecule has 0 N–H and O–H groups in total. The van der Waals surface area contributed by atoms with Crippen molar-refractivity contribution in [3.63, 3.8) is 0 Å². The highest BCUT2D eigenvalue weighted by atomic mass is 16.2. The van der Waals surface area contributed by atoms with Crippen molar-refractivity contribution in [2.45, 2.75) is 69.2 Å². The molecule has 0 spiro atoms. The number of hydrogen-bond donors (Lipinski definition) is 0. The van der Waals surface area contributed by atoms with Crippen molar-refractivity contribution >= 4 is 23.2 Å². The molecular formula is C26H29N5O2. The third kappa shape index (κ3) is 2.50. The molecule has 3 heterocycles. The highest BCUT2D eigenvalue weighted by Crippen LogP contribution is 2.65. The summed E-state index contributed by atoms with van der Waals surface area (Å²) in [7, 11) is 0. The third-order valence-corrected chi connectivity index (χ3v) is 7.72. The Hall–Kier alpha value is -3.22. The molecule has 0 bridgehead atoms. The summed E-state index contributed by atoms with van der Waals surface area (Å²) >= 11 is 0. The minimum absolute atomic E-state index is 0.115. The van der Waals surface area contributed by atoms with Gasteiger partial charge < -0.3 is 4.90 Å². The summed E-state index contributed by atoms with van der Waals surface area (Å²) in [6.45, 7) is 5.78. The Morgan fingerprint density at radius 2 is 1.58 bits per heavy atom. The Morgan fingerprint density at radius 1 is 0.939 bits per heavy atom. The lowest BCUT2D eigenvalue weighted by atomic mass is 9.68. The summed E-state index contributed by atoms with van der Waals surface area (Å²) in [4.78, 5) is 33.3. The lowest BCUT2D eigenvalue weighted by molar-refractivity contribution is -0.457. The van der Waals surface area contributed by atoms with Gasteiger partial charge in [0.05, 0.1) is 11.5 Å². The van der Waals surface area contributed by atoms with Crippen LogP contribution in [0, 0.1) is 5.92 Å². The molecule has 3 fully saturated rings. The van der Waals surface area contributed by atoms with E-state index in [2.05, 4.69) is 4.90 Å². The number of nitrogens with zero attached hydrogens (tertiary/aromatic N) is 5. The second-order valence-electron chi connectivity index (χ2n) is 10.6. The lowest BCUT2D eigenvalue weighted by Gasteiger charge is -2.50. The maximum Gasteiger partial charge on any atom is 0.253 e. The zero-order chi connectivity index (χ0) is 23.0. The SMILES string of the molecule is CC(C)(C)N1C(=O)[C@@H]2[C@H](C1=O)[C@@]13CCCC[C@@]1([N-][N+](c1ccccc1)=N3)N2c1ccccc1. The van der Waals surface area contributed by atoms with Gasteiger partial charge in [-0.05, 0) is 45.7 Å². The van der Waals surface area contributed by atoms with Crippen LogP contribution in [0.4, 0.5) is 11.4 Å². The van der Waals surface area contributed by atoms with Crippen LogP contribution in [0.1, 0.15) is 46.5 Å². The minimum Gasteiger partial charge on any atom is -0.347 e. The van der Waals surface area contributed by atoms with Crippen LogP contribution >= 0.6 is 0 Å². The Labute approximate surface area is 194 Å². The van der Waals surface area contributed by atoms with Gasteiger partial charge in [0.2, 0.25) is 11.6 Å². The van der Waals surface area contributed by atoms with E-state index in [1.54, 1.807) is 4.81 Å². The maximum atomic E-state index is 14.0. The van der Waals surface area contributed by atoms with Crippen molar-refractivity contribution in [2.75, 3.05) is 4.90 Å². The number of imide groups is 1. The normalized spacial score (nSPS) is 32.9. The van der Waals surface area contributed by atoms with Crippen LogP contribution in [0.2, 0.25) is 0 Å². The van der Waals surface area contributed by atoms with E-state index >= 15 is 0 Å². The first kappa shape index (κ1) is 20.4. The number of rotatable bonds is 2. The Bertz CT molecular complexity index is 1160. The maximum absolute atomic E-state index is 14.0. The summed E-state index contributed by atoms with van der Waals surface area (Å²) in [6, 6.07) is 19.3. The fraction of sp³-hybridized carbons (Fsp3) is 0.462. The quantitative estimate of drug-likeness (QED) is 0.496. The van der Waals surface area contributed by atoms with Crippen LogP contribution in [-0.2, 0) is 9.59 Å². The van der Waals surface area contributed by atoms with Crippen LogP contribution in [0.25, 0.3) is 5.43 Å². The van der Waals surface area contributed by atoms with Crippen LogP contribution in [-0.4, -0.2) is 44.3 Å². The van der Waals surface area contributed by atoms with Gasteiger partial charge in [0.15, 0.2) is 0 Å². The van der Waals surface area contributed by atoms with Gasteiger partial charge in [0.25, 0.3) is 5.91 Å². The molecule has 7 nitrogen and oxygen atoms in total. The zero-order valence-corrected chi connectivity index (χ0v) is 19.3. The molecule has 3 aliphatic heterocycles. The van der Waals surface area contributed by atoms with Gasteiger partial charge in [-0.1, -0.05) is 49.2 Å². The molecule has 2 amide bonds. The number of amides is 2. The van der Waals surface area contributed by atoms with Crippen LogP contribution in [0.15, 0.2) is 65.8 Å². The summed E-state index contributed by atoms with van der Waals surface area (Å²) in [5.41, 5.74) is 4.91. The number of carbonyl (C=O) groups is 2. The van der Waals surface area contributed by atoms with E-state index in [1.807, 2.05) is 81.4 Å². The monoisotopic (exact) mass is 443 g/mol. The van der Waals surface area contributed by atoms with Crippen LogP contribution in [0.3, 0.4) is 0 Å². The molecule has 4 aliphatic rings. The lowest BCUT2D eigenvalue weighted by Crippen LogP contribution is -2.61. The molecule has 0 radical (unpaired) electrons. The summed E-state index contributed by atoms with van der Waals surface area (Å²) < 4.78 is 0. The van der Waals surface area contributed by atoms with Gasteiger partial charge in [0, 0.05) is 23.4 Å². The molecule has 0 unspecified atom stereocenters. The predicted octanol–water partition coefficient (Wildman–Crippen LogP) is 4.77. The molecule has 1 saturated carbocycles. The van der Waals surface area contributed by atoms with Crippen LogP contribution in [0.5, 0.6) is 0 Å². The molecule has 6 rings (SSSR count). The molecular weight excluding hydrogens is 414 g/mol. The topological polar surface area (TPSA) is 70.1 Å². The first-order valence-corrected chi connectivity index (χ1v) is 11.8. The van der Waals surface area contributed by atoms with Crippen molar-refractivity contribution < 1.29 is 14.4 Å². The Balaban J connectivity index is 1.60. The first-order chi connectivity index (χ1) is 15.8. The number of anilines is 1. The molecule has 2 aromatic rings. The number of fused-ring (bicyclic) bond motifs is 1. The highest BCUT2D eigenvalue weighted by molar-refractivity contribution is 6.11. The second kappa shape index (κ2) is 6.65. The summed E-state index contributed by atoms with van der Waals surface area (Å²) in [5, 5.41) is 5.21. The largest absolute Gasteiger partial charge is 0.347 e. The molecule has 170 valence electrons. The number of hydrogen-bond acceptors (Lipinski definition) is 4. The molecule has 1 aliphatic carbocycles. The number of para-hydroxylation sites is 2. The van der Waals surface area contributed by atoms with E-state index in [9.17, 15) is 9.59 Å². The zero-order valence-electron chi connectivity index (χ0n) is 19.3. The Morgan fingerprint density at radius 3 is 2.24 bits per heavy atom. The van der Waals surface area contributed by atoms with Crippen molar-refractivity contribution in [2.24, 2.45) is 11.0 Å². The van der Waals surface area contributed by atoms with Crippen molar-refractivity contribution in [1.82, 2.24) is 4.90 Å². The van der Waals surface area contributed by atoms with E-state index in [1.165, 1.54) is 4.90 Å². The summed E-state index contributed by atoms with van der Waals surface area (Å²) in [6.07, 6.45) is 3.45. The molecule has 4 atom stereocenters. The fourth-order valence-electron chi connectivity index (χ4n) is 6.55. The number of azo groups is 1. The van der Waals surface area contributed by atoms with E-state index in [4.69, 9.17) is 10.5 Å². The average Bonchev–Trinajstić information content (AvgIpc) is 3.37. The van der Waals surface area contributed by atoms with Crippen LogP contribution < -0.4 is 4.90 Å². The van der Waals surface area contributed by atoms with E-state index in [0.29, 0.717) is 0 Å². The molecule has 2 saturated heterocycles. The first-order valence-electron chi connectivity index (χ1n) is 11.8. The predicted molar refractivity (Wildman–Crippen MR) is 124 cm³/mol. The van der Waals surface area contributed by atoms with Gasteiger partial charge in [-0.3, -0.25) is 14.5 Å². The molecule has 7 heteroatoms. The standard InChI is InChI=1S/C26H29N5O2/c1-24(2,3)30-22(32)20-21(23(30)33)29(18-12-6-4-7-13-18)26-17-11-10-16-25(20,26)27-31(28-26)19-14-8-5-9-15-19/h4-9,12-15,20-21H,10-11,16-17H2,1-3H3/t20-,21+,25+,26-/m1/s1. The van der Waals surface area contributed by atoms with Gasteiger partial charge in [-0.15, -0.1) is 4.81 Å². The smallest absolute Gasteiger partial charge is 0.253 e. The average molecular weight is 444 g/mol. The van der Waals surface area contributed by atoms with Crippen molar-refractivity contribution in [3.8, 4) is 0 Å². The minimum atomic E-state index is -0.770. The number of benzene rings is 2. The van der Waals surface area contributed by atoms with Crippen molar-refractivity contribution in [1.29, 1.82) is 0 Å². The third-order valence-electron chi connectivity index (χ3n) is 7.72. The van der Waals surface area contributed by atoms with Gasteiger partial charge >= 0.3 is 0 Å². The summed E-state index contributed by atoms with van der Waals surface area (Å²) in [5.74, 6) is -0.800. The van der Waals surface area contributed by atoms with E-state index in [-0.39, 0.29) is 11.8 Å². The molecule has 0 aromatic heterocycles. The second-order valence-corrected chi connectivity index (χ2v) is 10.6. The molecule has 33 heavy (non-hydrogen) atoms. The fourth-order valence-corrected chi connectivity index (χ4v) is 6.55. The van der Waals surface area contributed by atoms with Gasteiger partial charge in [0.1, 0.15) is 11.7 Å².